The number of aryl methyl sites for hydroxylation is 2. The minimum Gasteiger partial charge on any atom is -0.337 e. The molecule has 3 heterocycles. The number of pyridine rings is 1. The molecular weight excluding hydrogens is 294 g/mol. The molecule has 0 bridgehead atoms. The van der Waals surface area contributed by atoms with Crippen molar-refractivity contribution in [2.75, 3.05) is 13.1 Å². The molecular formula is C21H27N3. The van der Waals surface area contributed by atoms with Gasteiger partial charge >= 0.3 is 0 Å². The predicted octanol–water partition coefficient (Wildman–Crippen LogP) is 4.68. The summed E-state index contributed by atoms with van der Waals surface area (Å²) >= 11 is 0. The van der Waals surface area contributed by atoms with E-state index in [0.717, 1.165) is 12.2 Å². The summed E-state index contributed by atoms with van der Waals surface area (Å²) in [7, 11) is 0. The van der Waals surface area contributed by atoms with Gasteiger partial charge in [-0.2, -0.15) is 0 Å². The molecule has 0 saturated carbocycles. The highest BCUT2D eigenvalue weighted by molar-refractivity contribution is 6.08. The number of hydrogen-bond donors (Lipinski definition) is 0. The fourth-order valence-corrected chi connectivity index (χ4v) is 4.26. The SMILES string of the molecule is Cc1ccc2c3ccnc(C)c3n(CC(C)N3CCCCC3)c2c1. The van der Waals surface area contributed by atoms with Crippen molar-refractivity contribution in [2.24, 2.45) is 0 Å². The Hall–Kier alpha value is -1.87. The van der Waals surface area contributed by atoms with Gasteiger partial charge in [0.1, 0.15) is 0 Å². The Labute approximate surface area is 144 Å². The van der Waals surface area contributed by atoms with E-state index in [1.807, 2.05) is 6.20 Å². The molecule has 1 fully saturated rings. The zero-order valence-corrected chi connectivity index (χ0v) is 15.0. The topological polar surface area (TPSA) is 21.1 Å². The van der Waals surface area contributed by atoms with Gasteiger partial charge in [0.25, 0.3) is 0 Å². The first kappa shape index (κ1) is 15.6. The number of fused-ring (bicyclic) bond motifs is 3. The highest BCUT2D eigenvalue weighted by atomic mass is 15.2. The van der Waals surface area contributed by atoms with Crippen molar-refractivity contribution >= 4 is 21.8 Å². The molecule has 0 spiro atoms. The molecule has 1 unspecified atom stereocenters. The van der Waals surface area contributed by atoms with Gasteiger partial charge < -0.3 is 4.57 Å². The summed E-state index contributed by atoms with van der Waals surface area (Å²) in [6.45, 7) is 10.2. The normalized spacial score (nSPS) is 17.6. The summed E-state index contributed by atoms with van der Waals surface area (Å²) in [5.41, 5.74) is 5.11. The third kappa shape index (κ3) is 2.61. The number of piperidine rings is 1. The first-order valence-corrected chi connectivity index (χ1v) is 9.23. The van der Waals surface area contributed by atoms with Crippen LogP contribution in [0.25, 0.3) is 21.8 Å². The molecule has 126 valence electrons. The molecule has 0 amide bonds. The van der Waals surface area contributed by atoms with E-state index in [2.05, 4.69) is 59.5 Å². The van der Waals surface area contributed by atoms with Gasteiger partial charge in [0.05, 0.1) is 11.2 Å². The van der Waals surface area contributed by atoms with Crippen LogP contribution in [0.4, 0.5) is 0 Å². The molecule has 3 heteroatoms. The molecule has 2 aromatic heterocycles. The van der Waals surface area contributed by atoms with Crippen molar-refractivity contribution in [3.8, 4) is 0 Å². The number of rotatable bonds is 3. The van der Waals surface area contributed by atoms with Gasteiger partial charge in [-0.15, -0.1) is 0 Å². The Bertz CT molecular complexity index is 872. The number of nitrogens with zero attached hydrogens (tertiary/aromatic N) is 3. The standard InChI is InChI=1S/C21H27N3/c1-15-7-8-18-19-9-10-22-17(3)21(19)24(20(18)13-15)14-16(2)23-11-5-4-6-12-23/h7-10,13,16H,4-6,11-12,14H2,1-3H3. The lowest BCUT2D eigenvalue weighted by molar-refractivity contribution is 0.161. The Morgan fingerprint density at radius 3 is 2.62 bits per heavy atom. The van der Waals surface area contributed by atoms with Crippen LogP contribution >= 0.6 is 0 Å². The van der Waals surface area contributed by atoms with Crippen LogP contribution in [-0.4, -0.2) is 33.6 Å². The molecule has 4 rings (SSSR count). The Morgan fingerprint density at radius 1 is 1.04 bits per heavy atom. The van der Waals surface area contributed by atoms with Crippen LogP contribution in [0, 0.1) is 13.8 Å². The van der Waals surface area contributed by atoms with Gasteiger partial charge in [-0.1, -0.05) is 18.6 Å². The van der Waals surface area contributed by atoms with Crippen LogP contribution < -0.4 is 0 Å². The lowest BCUT2D eigenvalue weighted by Gasteiger charge is -2.33. The minimum atomic E-state index is 0.559. The van der Waals surface area contributed by atoms with E-state index in [1.54, 1.807) is 0 Å². The fourth-order valence-electron chi connectivity index (χ4n) is 4.26. The molecule has 3 aromatic rings. The molecule has 1 aliphatic heterocycles. The second-order valence-corrected chi connectivity index (χ2v) is 7.37. The van der Waals surface area contributed by atoms with Crippen molar-refractivity contribution in [3.05, 3.63) is 41.7 Å². The van der Waals surface area contributed by atoms with E-state index in [1.165, 1.54) is 59.7 Å². The second-order valence-electron chi connectivity index (χ2n) is 7.37. The summed E-state index contributed by atoms with van der Waals surface area (Å²) in [5, 5.41) is 2.69. The van der Waals surface area contributed by atoms with Crippen LogP contribution in [0.2, 0.25) is 0 Å². The maximum Gasteiger partial charge on any atom is 0.0708 e. The molecule has 1 aliphatic rings. The maximum atomic E-state index is 4.57. The first-order valence-electron chi connectivity index (χ1n) is 9.23. The van der Waals surface area contributed by atoms with Gasteiger partial charge in [0.15, 0.2) is 0 Å². The lowest BCUT2D eigenvalue weighted by Crippen LogP contribution is -2.39. The quantitative estimate of drug-likeness (QED) is 0.698. The molecule has 0 N–H and O–H groups in total. The third-order valence-corrected chi connectivity index (χ3v) is 5.57. The zero-order valence-electron chi connectivity index (χ0n) is 15.0. The zero-order chi connectivity index (χ0) is 16.7. The van der Waals surface area contributed by atoms with Gasteiger partial charge in [-0.05, 0) is 64.4 Å². The van der Waals surface area contributed by atoms with Crippen molar-refractivity contribution in [1.29, 1.82) is 0 Å². The molecule has 1 aromatic carbocycles. The summed E-state index contributed by atoms with van der Waals surface area (Å²) in [4.78, 5) is 7.23. The van der Waals surface area contributed by atoms with Gasteiger partial charge in [-0.3, -0.25) is 9.88 Å². The van der Waals surface area contributed by atoms with E-state index in [4.69, 9.17) is 0 Å². The maximum absolute atomic E-state index is 4.57. The lowest BCUT2D eigenvalue weighted by atomic mass is 10.1. The summed E-state index contributed by atoms with van der Waals surface area (Å²) in [6.07, 6.45) is 6.02. The van der Waals surface area contributed by atoms with Crippen LogP contribution in [0.1, 0.15) is 37.4 Å². The average Bonchev–Trinajstić information content (AvgIpc) is 2.90. The average molecular weight is 321 g/mol. The van der Waals surface area contributed by atoms with E-state index >= 15 is 0 Å². The van der Waals surface area contributed by atoms with Crippen molar-refractivity contribution < 1.29 is 0 Å². The van der Waals surface area contributed by atoms with Crippen molar-refractivity contribution in [2.45, 2.75) is 52.6 Å². The summed E-state index contributed by atoms with van der Waals surface area (Å²) < 4.78 is 2.51. The highest BCUT2D eigenvalue weighted by Gasteiger charge is 2.20. The number of aromatic nitrogens is 2. The molecule has 1 saturated heterocycles. The van der Waals surface area contributed by atoms with Crippen molar-refractivity contribution in [3.63, 3.8) is 0 Å². The molecule has 24 heavy (non-hydrogen) atoms. The number of hydrogen-bond acceptors (Lipinski definition) is 2. The number of likely N-dealkylation sites (tertiary alicyclic amines) is 1. The van der Waals surface area contributed by atoms with Crippen LogP contribution in [-0.2, 0) is 6.54 Å². The Morgan fingerprint density at radius 2 is 1.83 bits per heavy atom. The predicted molar refractivity (Wildman–Crippen MR) is 102 cm³/mol. The van der Waals surface area contributed by atoms with Crippen LogP contribution in [0.3, 0.4) is 0 Å². The van der Waals surface area contributed by atoms with E-state index < -0.39 is 0 Å². The minimum absolute atomic E-state index is 0.559. The van der Waals surface area contributed by atoms with Gasteiger partial charge in [-0.25, -0.2) is 0 Å². The van der Waals surface area contributed by atoms with Crippen LogP contribution in [0.5, 0.6) is 0 Å². The van der Waals surface area contributed by atoms with E-state index in [9.17, 15) is 0 Å². The highest BCUT2D eigenvalue weighted by Crippen LogP contribution is 2.31. The summed E-state index contributed by atoms with van der Waals surface area (Å²) in [5.74, 6) is 0. The van der Waals surface area contributed by atoms with E-state index in [0.29, 0.717) is 6.04 Å². The number of benzene rings is 1. The third-order valence-electron chi connectivity index (χ3n) is 5.57. The molecule has 1 atom stereocenters. The molecule has 0 aliphatic carbocycles. The van der Waals surface area contributed by atoms with Gasteiger partial charge in [0.2, 0.25) is 0 Å². The molecule has 0 radical (unpaired) electrons. The largest absolute Gasteiger partial charge is 0.337 e. The Balaban J connectivity index is 1.83. The Kier molecular flexibility index (Phi) is 4.05. The van der Waals surface area contributed by atoms with Gasteiger partial charge in [0, 0.05) is 35.1 Å². The monoisotopic (exact) mass is 321 g/mol. The van der Waals surface area contributed by atoms with Crippen molar-refractivity contribution in [1.82, 2.24) is 14.5 Å². The smallest absolute Gasteiger partial charge is 0.0708 e. The second kappa shape index (κ2) is 6.21. The summed E-state index contributed by atoms with van der Waals surface area (Å²) in [6, 6.07) is 9.55. The van der Waals surface area contributed by atoms with Crippen LogP contribution in [0.15, 0.2) is 30.5 Å². The van der Waals surface area contributed by atoms with E-state index in [-0.39, 0.29) is 0 Å². The molecule has 3 nitrogen and oxygen atoms in total. The fraction of sp³-hybridized carbons (Fsp3) is 0.476. The first-order chi connectivity index (χ1) is 11.6.